The van der Waals surface area contributed by atoms with Crippen LogP contribution in [0.2, 0.25) is 0 Å². The maximum atomic E-state index is 11.6. The Labute approximate surface area is 73.3 Å². The normalized spacial score (nSPS) is 21.9. The summed E-state index contributed by atoms with van der Waals surface area (Å²) in [6.45, 7) is 2.57. The van der Waals surface area contributed by atoms with Crippen molar-refractivity contribution in [1.82, 2.24) is 0 Å². The molecule has 70 valence electrons. The molecule has 1 fully saturated rings. The standard InChI is InChI=1S/C9H17NO2/c1-7(3-6-12-2)8(11)9(10)4-5-9/h7H,3-6,10H2,1-2H3. The zero-order valence-corrected chi connectivity index (χ0v) is 7.80. The van der Waals surface area contributed by atoms with Gasteiger partial charge >= 0.3 is 0 Å². The van der Waals surface area contributed by atoms with E-state index in [1.54, 1.807) is 7.11 Å². The first-order valence-corrected chi connectivity index (χ1v) is 4.42. The van der Waals surface area contributed by atoms with Gasteiger partial charge in [0.1, 0.15) is 0 Å². The van der Waals surface area contributed by atoms with Gasteiger partial charge in [0.05, 0.1) is 5.54 Å². The number of nitrogens with two attached hydrogens (primary N) is 1. The van der Waals surface area contributed by atoms with Crippen molar-refractivity contribution in [2.45, 2.75) is 31.7 Å². The van der Waals surface area contributed by atoms with Gasteiger partial charge in [-0.25, -0.2) is 0 Å². The largest absolute Gasteiger partial charge is 0.385 e. The van der Waals surface area contributed by atoms with Crippen LogP contribution in [0.15, 0.2) is 0 Å². The molecule has 0 aliphatic heterocycles. The van der Waals surface area contributed by atoms with E-state index in [2.05, 4.69) is 0 Å². The van der Waals surface area contributed by atoms with E-state index >= 15 is 0 Å². The Kier molecular flexibility index (Phi) is 2.85. The zero-order valence-electron chi connectivity index (χ0n) is 7.80. The molecule has 1 aliphatic carbocycles. The molecule has 1 aliphatic rings. The highest BCUT2D eigenvalue weighted by atomic mass is 16.5. The average molecular weight is 171 g/mol. The maximum Gasteiger partial charge on any atom is 0.155 e. The number of hydrogen-bond acceptors (Lipinski definition) is 3. The summed E-state index contributed by atoms with van der Waals surface area (Å²) in [6, 6.07) is 0. The van der Waals surface area contributed by atoms with Gasteiger partial charge in [-0.3, -0.25) is 4.79 Å². The number of ketones is 1. The van der Waals surface area contributed by atoms with Crippen LogP contribution in [-0.2, 0) is 9.53 Å². The third-order valence-corrected chi connectivity index (χ3v) is 2.48. The second-order valence-corrected chi connectivity index (χ2v) is 3.70. The third kappa shape index (κ3) is 2.05. The van der Waals surface area contributed by atoms with E-state index in [4.69, 9.17) is 10.5 Å². The maximum absolute atomic E-state index is 11.6. The van der Waals surface area contributed by atoms with Crippen molar-refractivity contribution in [3.8, 4) is 0 Å². The zero-order chi connectivity index (χ0) is 9.19. The molecule has 2 N–H and O–H groups in total. The molecule has 1 unspecified atom stereocenters. The van der Waals surface area contributed by atoms with Crippen LogP contribution in [0.4, 0.5) is 0 Å². The van der Waals surface area contributed by atoms with E-state index in [-0.39, 0.29) is 11.7 Å². The summed E-state index contributed by atoms with van der Waals surface area (Å²) >= 11 is 0. The molecule has 0 spiro atoms. The minimum atomic E-state index is -0.465. The van der Waals surface area contributed by atoms with Gasteiger partial charge in [-0.1, -0.05) is 6.92 Å². The monoisotopic (exact) mass is 171 g/mol. The molecule has 0 aromatic rings. The van der Waals surface area contributed by atoms with Crippen LogP contribution in [0.3, 0.4) is 0 Å². The minimum absolute atomic E-state index is 0.0532. The SMILES string of the molecule is COCCC(C)C(=O)C1(N)CC1. The van der Waals surface area contributed by atoms with E-state index in [0.29, 0.717) is 6.61 Å². The number of hydrogen-bond donors (Lipinski definition) is 1. The molecule has 0 aromatic heterocycles. The van der Waals surface area contributed by atoms with Gasteiger partial charge in [0.15, 0.2) is 5.78 Å². The number of carbonyl (C=O) groups excluding carboxylic acids is 1. The van der Waals surface area contributed by atoms with E-state index in [0.717, 1.165) is 19.3 Å². The molecule has 0 heterocycles. The Morgan fingerprint density at radius 1 is 1.67 bits per heavy atom. The summed E-state index contributed by atoms with van der Waals surface area (Å²) in [5, 5.41) is 0. The van der Waals surface area contributed by atoms with Crippen LogP contribution in [0, 0.1) is 5.92 Å². The molecule has 1 rings (SSSR count). The Balaban J connectivity index is 2.31. The highest BCUT2D eigenvalue weighted by Gasteiger charge is 2.46. The van der Waals surface area contributed by atoms with Crippen LogP contribution >= 0.6 is 0 Å². The highest BCUT2D eigenvalue weighted by molar-refractivity contribution is 5.92. The predicted octanol–water partition coefficient (Wildman–Crippen LogP) is 0.719. The second kappa shape index (κ2) is 3.54. The molecule has 12 heavy (non-hydrogen) atoms. The van der Waals surface area contributed by atoms with Crippen LogP contribution < -0.4 is 5.73 Å². The number of Topliss-reactive ketones (excluding diaryl/α,β-unsaturated/α-hetero) is 1. The lowest BCUT2D eigenvalue weighted by Gasteiger charge is -2.14. The van der Waals surface area contributed by atoms with E-state index in [9.17, 15) is 4.79 Å². The van der Waals surface area contributed by atoms with E-state index in [1.165, 1.54) is 0 Å². The molecular formula is C9H17NO2. The Morgan fingerprint density at radius 3 is 2.67 bits per heavy atom. The molecule has 1 saturated carbocycles. The van der Waals surface area contributed by atoms with Crippen LogP contribution in [0.1, 0.15) is 26.2 Å². The van der Waals surface area contributed by atoms with E-state index < -0.39 is 5.54 Å². The van der Waals surface area contributed by atoms with Crippen molar-refractivity contribution >= 4 is 5.78 Å². The molecule has 0 aromatic carbocycles. The summed E-state index contributed by atoms with van der Waals surface area (Å²) in [4.78, 5) is 11.6. The summed E-state index contributed by atoms with van der Waals surface area (Å²) in [7, 11) is 1.65. The van der Waals surface area contributed by atoms with Crippen molar-refractivity contribution in [1.29, 1.82) is 0 Å². The molecule has 0 radical (unpaired) electrons. The minimum Gasteiger partial charge on any atom is -0.385 e. The fourth-order valence-electron chi connectivity index (χ4n) is 1.30. The smallest absolute Gasteiger partial charge is 0.155 e. The van der Waals surface area contributed by atoms with Crippen molar-refractivity contribution in [2.75, 3.05) is 13.7 Å². The Bertz CT molecular complexity index is 175. The van der Waals surface area contributed by atoms with Gasteiger partial charge in [-0.15, -0.1) is 0 Å². The van der Waals surface area contributed by atoms with Crippen LogP contribution in [0.25, 0.3) is 0 Å². The molecule has 0 bridgehead atoms. The lowest BCUT2D eigenvalue weighted by Crippen LogP contribution is -2.37. The van der Waals surface area contributed by atoms with Gasteiger partial charge in [-0.05, 0) is 19.3 Å². The topological polar surface area (TPSA) is 52.3 Å². The van der Waals surface area contributed by atoms with E-state index in [1.807, 2.05) is 6.92 Å². The first-order chi connectivity index (χ1) is 5.60. The first-order valence-electron chi connectivity index (χ1n) is 4.42. The molecule has 3 heteroatoms. The molecule has 0 amide bonds. The predicted molar refractivity (Wildman–Crippen MR) is 46.8 cm³/mol. The van der Waals surface area contributed by atoms with Crippen molar-refractivity contribution < 1.29 is 9.53 Å². The van der Waals surface area contributed by atoms with Crippen molar-refractivity contribution in [3.63, 3.8) is 0 Å². The number of methoxy groups -OCH3 is 1. The molecule has 3 nitrogen and oxygen atoms in total. The highest BCUT2D eigenvalue weighted by Crippen LogP contribution is 2.35. The summed E-state index contributed by atoms with van der Waals surface area (Å²) in [6.07, 6.45) is 2.51. The van der Waals surface area contributed by atoms with Gasteiger partial charge < -0.3 is 10.5 Å². The van der Waals surface area contributed by atoms with Crippen LogP contribution in [-0.4, -0.2) is 25.0 Å². The number of carbonyl (C=O) groups is 1. The van der Waals surface area contributed by atoms with Gasteiger partial charge in [0, 0.05) is 19.6 Å². The second-order valence-electron chi connectivity index (χ2n) is 3.70. The molecular weight excluding hydrogens is 154 g/mol. The van der Waals surface area contributed by atoms with Crippen molar-refractivity contribution in [2.24, 2.45) is 11.7 Å². The number of rotatable bonds is 5. The third-order valence-electron chi connectivity index (χ3n) is 2.48. The summed E-state index contributed by atoms with van der Waals surface area (Å²) in [5.41, 5.74) is 5.31. The number of ether oxygens (including phenoxy) is 1. The van der Waals surface area contributed by atoms with Crippen LogP contribution in [0.5, 0.6) is 0 Å². The quantitative estimate of drug-likeness (QED) is 0.663. The summed E-state index contributed by atoms with van der Waals surface area (Å²) in [5.74, 6) is 0.261. The van der Waals surface area contributed by atoms with Gasteiger partial charge in [0.25, 0.3) is 0 Å². The fourth-order valence-corrected chi connectivity index (χ4v) is 1.30. The Hall–Kier alpha value is -0.410. The summed E-state index contributed by atoms with van der Waals surface area (Å²) < 4.78 is 4.90. The van der Waals surface area contributed by atoms with Crippen molar-refractivity contribution in [3.05, 3.63) is 0 Å². The first kappa shape index (κ1) is 9.68. The van der Waals surface area contributed by atoms with Gasteiger partial charge in [-0.2, -0.15) is 0 Å². The fraction of sp³-hybridized carbons (Fsp3) is 0.889. The van der Waals surface area contributed by atoms with Gasteiger partial charge in [0.2, 0.25) is 0 Å². The average Bonchev–Trinajstić information content (AvgIpc) is 2.79. The molecule has 0 saturated heterocycles. The lowest BCUT2D eigenvalue weighted by molar-refractivity contribution is -0.125. The molecule has 1 atom stereocenters. The Morgan fingerprint density at radius 2 is 2.25 bits per heavy atom. The lowest BCUT2D eigenvalue weighted by atomic mass is 9.96.